The number of aliphatic hydroxyl groups excluding tert-OH is 2. The lowest BCUT2D eigenvalue weighted by Gasteiger charge is -2.34. The lowest BCUT2D eigenvalue weighted by molar-refractivity contribution is -0.315. The van der Waals surface area contributed by atoms with Crippen LogP contribution in [0, 0.1) is 11.8 Å². The number of aliphatic carboxylic acids is 1. The zero-order chi connectivity index (χ0) is 9.14. The van der Waals surface area contributed by atoms with E-state index in [4.69, 9.17) is 5.11 Å². The maximum Gasteiger partial charge on any atom is 0.0694 e. The molecule has 5 heteroatoms. The minimum Gasteiger partial charge on any atom is -0.550 e. The zero-order valence-electron chi connectivity index (χ0n) is 6.56. The Kier molecular flexibility index (Phi) is 3.02. The van der Waals surface area contributed by atoms with Crippen molar-refractivity contribution >= 4 is 5.97 Å². The molecule has 0 aromatic rings. The van der Waals surface area contributed by atoms with Crippen molar-refractivity contribution in [3.05, 3.63) is 0 Å². The van der Waals surface area contributed by atoms with E-state index < -0.39 is 23.9 Å². The summed E-state index contributed by atoms with van der Waals surface area (Å²) in [5.74, 6) is -2.58. The third-order valence-electron chi connectivity index (χ3n) is 2.20. The average Bonchev–Trinajstić information content (AvgIpc) is 2.04. The van der Waals surface area contributed by atoms with Crippen molar-refractivity contribution < 1.29 is 20.1 Å². The molecule has 1 fully saturated rings. The van der Waals surface area contributed by atoms with Gasteiger partial charge in [-0.1, -0.05) is 0 Å². The van der Waals surface area contributed by atoms with E-state index in [1.54, 1.807) is 0 Å². The maximum absolute atomic E-state index is 10.4. The Bertz CT molecular complexity index is 173. The number of hydrogen-bond acceptors (Lipinski definition) is 5. The molecule has 1 heterocycles. The van der Waals surface area contributed by atoms with Crippen LogP contribution in [0.15, 0.2) is 0 Å². The molecule has 0 spiro atoms. The van der Waals surface area contributed by atoms with Crippen molar-refractivity contribution in [1.29, 1.82) is 0 Å². The second-order valence-electron chi connectivity index (χ2n) is 3.02. The number of rotatable bonds is 2. The Hall–Kier alpha value is -0.650. The highest BCUT2D eigenvalue weighted by Gasteiger charge is 2.31. The van der Waals surface area contributed by atoms with Crippen molar-refractivity contribution in [2.45, 2.75) is 6.10 Å². The van der Waals surface area contributed by atoms with E-state index >= 15 is 0 Å². The molecule has 0 unspecified atom stereocenters. The molecule has 0 aliphatic carbocycles. The van der Waals surface area contributed by atoms with Gasteiger partial charge in [-0.15, -0.1) is 0 Å². The van der Waals surface area contributed by atoms with E-state index in [1.807, 2.05) is 0 Å². The SMILES string of the molecule is O=C([O-])[C@@H]1CNC[C@H](CO)[C@@H]1O. The maximum atomic E-state index is 10.4. The van der Waals surface area contributed by atoms with Gasteiger partial charge in [0.15, 0.2) is 0 Å². The molecule has 0 aromatic heterocycles. The number of carboxylic acids is 1. The Balaban J connectivity index is 2.59. The summed E-state index contributed by atoms with van der Waals surface area (Å²) in [6.45, 7) is 0.444. The van der Waals surface area contributed by atoms with Gasteiger partial charge in [0.25, 0.3) is 0 Å². The Morgan fingerprint density at radius 1 is 1.58 bits per heavy atom. The molecule has 1 saturated heterocycles. The Labute approximate surface area is 70.0 Å². The molecule has 1 aliphatic rings. The summed E-state index contributed by atoms with van der Waals surface area (Å²) in [6.07, 6.45) is -0.999. The van der Waals surface area contributed by atoms with E-state index in [0.717, 1.165) is 0 Å². The topological polar surface area (TPSA) is 92.6 Å². The van der Waals surface area contributed by atoms with Crippen LogP contribution in [-0.4, -0.2) is 42.0 Å². The van der Waals surface area contributed by atoms with Gasteiger partial charge in [0.05, 0.1) is 6.10 Å². The summed E-state index contributed by atoms with van der Waals surface area (Å²) in [6, 6.07) is 0. The molecule has 0 amide bonds. The summed E-state index contributed by atoms with van der Waals surface area (Å²) in [7, 11) is 0. The smallest absolute Gasteiger partial charge is 0.0694 e. The molecule has 1 rings (SSSR count). The van der Waals surface area contributed by atoms with Gasteiger partial charge in [-0.2, -0.15) is 0 Å². The van der Waals surface area contributed by atoms with Gasteiger partial charge in [-0.25, -0.2) is 0 Å². The first-order valence-corrected chi connectivity index (χ1v) is 3.87. The summed E-state index contributed by atoms with van der Waals surface area (Å²) >= 11 is 0. The lowest BCUT2D eigenvalue weighted by Crippen LogP contribution is -2.54. The molecule has 0 aromatic carbocycles. The molecule has 12 heavy (non-hydrogen) atoms. The van der Waals surface area contributed by atoms with Crippen molar-refractivity contribution in [3.63, 3.8) is 0 Å². The fourth-order valence-electron chi connectivity index (χ4n) is 1.39. The van der Waals surface area contributed by atoms with Crippen LogP contribution in [0.2, 0.25) is 0 Å². The first-order chi connectivity index (χ1) is 5.66. The summed E-state index contributed by atoms with van der Waals surface area (Å²) < 4.78 is 0. The van der Waals surface area contributed by atoms with Gasteiger partial charge < -0.3 is 25.4 Å². The van der Waals surface area contributed by atoms with Crippen LogP contribution < -0.4 is 10.4 Å². The average molecular weight is 174 g/mol. The molecule has 3 atom stereocenters. The second kappa shape index (κ2) is 3.84. The number of piperidine rings is 1. The van der Waals surface area contributed by atoms with Gasteiger partial charge in [0, 0.05) is 37.5 Å². The van der Waals surface area contributed by atoms with Gasteiger partial charge in [-0.3, -0.25) is 0 Å². The monoisotopic (exact) mass is 174 g/mol. The standard InChI is InChI=1S/C7H13NO4/c9-3-4-1-8-2-5(6(4)10)7(11)12/h4-6,8-10H,1-3H2,(H,11,12)/p-1/t4-,5-,6+/m1/s1. The predicted molar refractivity (Wildman–Crippen MR) is 37.9 cm³/mol. The zero-order valence-corrected chi connectivity index (χ0v) is 6.56. The highest BCUT2D eigenvalue weighted by atomic mass is 16.4. The number of nitrogens with one attached hydrogen (secondary N) is 1. The fraction of sp³-hybridized carbons (Fsp3) is 0.857. The number of carbonyl (C=O) groups is 1. The van der Waals surface area contributed by atoms with Crippen LogP contribution in [0.3, 0.4) is 0 Å². The number of hydrogen-bond donors (Lipinski definition) is 3. The van der Waals surface area contributed by atoms with E-state index in [1.165, 1.54) is 0 Å². The molecule has 3 N–H and O–H groups in total. The summed E-state index contributed by atoms with van der Waals surface area (Å²) in [5.41, 5.74) is 0. The molecule has 70 valence electrons. The first-order valence-electron chi connectivity index (χ1n) is 3.87. The largest absolute Gasteiger partial charge is 0.550 e. The number of carbonyl (C=O) groups excluding carboxylic acids is 1. The van der Waals surface area contributed by atoms with Crippen LogP contribution in [-0.2, 0) is 4.79 Å². The normalized spacial score (nSPS) is 36.3. The third-order valence-corrected chi connectivity index (χ3v) is 2.20. The minimum absolute atomic E-state index is 0.208. The van der Waals surface area contributed by atoms with Crippen molar-refractivity contribution in [2.24, 2.45) is 11.8 Å². The number of aliphatic hydroxyl groups is 2. The Morgan fingerprint density at radius 3 is 2.75 bits per heavy atom. The summed E-state index contributed by atoms with van der Waals surface area (Å²) in [4.78, 5) is 10.4. The van der Waals surface area contributed by atoms with Crippen molar-refractivity contribution in [2.75, 3.05) is 19.7 Å². The van der Waals surface area contributed by atoms with E-state index in [0.29, 0.717) is 6.54 Å². The first kappa shape index (κ1) is 9.44. The Morgan fingerprint density at radius 2 is 2.25 bits per heavy atom. The van der Waals surface area contributed by atoms with Gasteiger partial charge in [-0.05, 0) is 0 Å². The molecule has 1 aliphatic heterocycles. The molecule has 5 nitrogen and oxygen atoms in total. The van der Waals surface area contributed by atoms with Gasteiger partial charge in [0.1, 0.15) is 0 Å². The predicted octanol–water partition coefficient (Wildman–Crippen LogP) is -3.07. The lowest BCUT2D eigenvalue weighted by atomic mass is 9.88. The van der Waals surface area contributed by atoms with Crippen LogP contribution >= 0.6 is 0 Å². The number of carboxylic acid groups (broad SMARTS) is 1. The quantitative estimate of drug-likeness (QED) is 0.413. The minimum atomic E-state index is -1.27. The van der Waals surface area contributed by atoms with Crippen LogP contribution in [0.5, 0.6) is 0 Å². The van der Waals surface area contributed by atoms with Crippen LogP contribution in [0.25, 0.3) is 0 Å². The van der Waals surface area contributed by atoms with E-state index in [9.17, 15) is 15.0 Å². The van der Waals surface area contributed by atoms with Crippen molar-refractivity contribution in [1.82, 2.24) is 5.32 Å². The molecule has 0 saturated carbocycles. The van der Waals surface area contributed by atoms with Gasteiger partial charge in [0.2, 0.25) is 0 Å². The highest BCUT2D eigenvalue weighted by Crippen LogP contribution is 2.16. The third kappa shape index (κ3) is 1.74. The van der Waals surface area contributed by atoms with Crippen LogP contribution in [0.1, 0.15) is 0 Å². The molecule has 0 bridgehead atoms. The van der Waals surface area contributed by atoms with E-state index in [2.05, 4.69) is 5.32 Å². The van der Waals surface area contributed by atoms with E-state index in [-0.39, 0.29) is 13.2 Å². The van der Waals surface area contributed by atoms with Gasteiger partial charge >= 0.3 is 0 Å². The highest BCUT2D eigenvalue weighted by molar-refractivity contribution is 5.68. The van der Waals surface area contributed by atoms with Crippen molar-refractivity contribution in [3.8, 4) is 0 Å². The fourth-order valence-corrected chi connectivity index (χ4v) is 1.39. The molecular formula is C7H12NO4-. The molecular weight excluding hydrogens is 162 g/mol. The second-order valence-corrected chi connectivity index (χ2v) is 3.02. The summed E-state index contributed by atoms with van der Waals surface area (Å²) in [5, 5.41) is 31.4. The molecule has 0 radical (unpaired) electrons. The van der Waals surface area contributed by atoms with Crippen LogP contribution in [0.4, 0.5) is 0 Å².